The van der Waals surface area contributed by atoms with Gasteiger partial charge >= 0.3 is 0 Å². The molecule has 1 atom stereocenters. The van der Waals surface area contributed by atoms with Gasteiger partial charge in [-0.1, -0.05) is 95.1 Å². The third kappa shape index (κ3) is 7.57. The van der Waals surface area contributed by atoms with E-state index >= 15 is 0 Å². The minimum atomic E-state index is -0.597. The Morgan fingerprint density at radius 2 is 1.61 bits per heavy atom. The number of benzene rings is 3. The van der Waals surface area contributed by atoms with Crippen molar-refractivity contribution in [1.82, 2.24) is 10.2 Å². The van der Waals surface area contributed by atoms with E-state index < -0.39 is 6.04 Å². The Hall–Kier alpha value is -2.92. The van der Waals surface area contributed by atoms with Crippen molar-refractivity contribution in [3.63, 3.8) is 0 Å². The van der Waals surface area contributed by atoms with Gasteiger partial charge in [0, 0.05) is 24.0 Å². The highest BCUT2D eigenvalue weighted by molar-refractivity contribution is 9.10. The molecule has 0 unspecified atom stereocenters. The topological polar surface area (TPSA) is 49.4 Å². The molecule has 0 aliphatic heterocycles. The predicted octanol–water partition coefficient (Wildman–Crippen LogP) is 5.47. The summed E-state index contributed by atoms with van der Waals surface area (Å²) in [5.41, 5.74) is 4.07. The third-order valence-electron chi connectivity index (χ3n) is 5.52. The maximum absolute atomic E-state index is 13.6. The summed E-state index contributed by atoms with van der Waals surface area (Å²) in [6.07, 6.45) is 1.56. The molecule has 0 heterocycles. The van der Waals surface area contributed by atoms with Crippen molar-refractivity contribution in [3.8, 4) is 0 Å². The molecule has 0 aliphatic rings. The van der Waals surface area contributed by atoms with Crippen LogP contribution in [0.3, 0.4) is 0 Å². The Balaban J connectivity index is 1.94. The van der Waals surface area contributed by atoms with Gasteiger partial charge in [0.2, 0.25) is 11.8 Å². The zero-order chi connectivity index (χ0) is 23.6. The Bertz CT molecular complexity index is 1050. The zero-order valence-electron chi connectivity index (χ0n) is 19.3. The Labute approximate surface area is 205 Å². The lowest BCUT2D eigenvalue weighted by atomic mass is 10.0. The number of amides is 2. The molecule has 33 heavy (non-hydrogen) atoms. The fraction of sp³-hybridized carbons (Fsp3) is 0.286. The monoisotopic (exact) mass is 506 g/mol. The number of aryl methyl sites for hydroxylation is 1. The first-order chi connectivity index (χ1) is 16.0. The molecule has 0 saturated heterocycles. The smallest absolute Gasteiger partial charge is 0.243 e. The van der Waals surface area contributed by atoms with Crippen LogP contribution < -0.4 is 5.32 Å². The van der Waals surface area contributed by atoms with Crippen molar-refractivity contribution in [1.29, 1.82) is 0 Å². The molecule has 4 nitrogen and oxygen atoms in total. The van der Waals surface area contributed by atoms with Crippen LogP contribution in [0.1, 0.15) is 35.6 Å². The summed E-state index contributed by atoms with van der Waals surface area (Å²) < 4.78 is 0.977. The Kier molecular flexibility index (Phi) is 9.25. The molecule has 3 rings (SSSR count). The highest BCUT2D eigenvalue weighted by Gasteiger charge is 2.30. The molecule has 0 radical (unpaired) electrons. The molecule has 5 heteroatoms. The van der Waals surface area contributed by atoms with Crippen molar-refractivity contribution in [3.05, 3.63) is 106 Å². The summed E-state index contributed by atoms with van der Waals surface area (Å²) in [7, 11) is 0. The summed E-state index contributed by atoms with van der Waals surface area (Å²) in [6, 6.07) is 25.2. The lowest BCUT2D eigenvalue weighted by Gasteiger charge is -2.31. The van der Waals surface area contributed by atoms with Crippen molar-refractivity contribution >= 4 is 27.7 Å². The molecule has 0 fully saturated rings. The normalized spacial score (nSPS) is 11.6. The average molecular weight is 507 g/mol. The maximum Gasteiger partial charge on any atom is 0.243 e. The van der Waals surface area contributed by atoms with Crippen LogP contribution >= 0.6 is 15.9 Å². The van der Waals surface area contributed by atoms with Crippen LogP contribution in [0.2, 0.25) is 0 Å². The minimum absolute atomic E-state index is 0.0592. The van der Waals surface area contributed by atoms with Gasteiger partial charge in [-0.05, 0) is 42.2 Å². The predicted molar refractivity (Wildman–Crippen MR) is 137 cm³/mol. The first kappa shape index (κ1) is 24.7. The third-order valence-corrected chi connectivity index (χ3v) is 6.05. The van der Waals surface area contributed by atoms with Crippen molar-refractivity contribution in [2.75, 3.05) is 6.54 Å². The SMILES string of the molecule is CCCNC(=O)[C@@H](Cc1ccccc1)N(Cc1ccc(Br)cc1)C(=O)Cc1cccc(C)c1. The van der Waals surface area contributed by atoms with Gasteiger partial charge in [0.1, 0.15) is 6.04 Å². The molecular formula is C28H31BrN2O2. The summed E-state index contributed by atoms with van der Waals surface area (Å²) in [5.74, 6) is -0.175. The Morgan fingerprint density at radius 1 is 0.909 bits per heavy atom. The van der Waals surface area contributed by atoms with E-state index in [9.17, 15) is 9.59 Å². The highest BCUT2D eigenvalue weighted by Crippen LogP contribution is 2.18. The van der Waals surface area contributed by atoms with Crippen LogP contribution in [0.15, 0.2) is 83.3 Å². The fourth-order valence-electron chi connectivity index (χ4n) is 3.80. The van der Waals surface area contributed by atoms with Gasteiger partial charge in [-0.25, -0.2) is 0 Å². The molecule has 0 aliphatic carbocycles. The van der Waals surface area contributed by atoms with E-state index in [1.807, 2.05) is 92.7 Å². The van der Waals surface area contributed by atoms with Crippen LogP contribution in [0, 0.1) is 6.92 Å². The maximum atomic E-state index is 13.6. The van der Waals surface area contributed by atoms with E-state index in [4.69, 9.17) is 0 Å². The molecule has 172 valence electrons. The molecule has 0 spiro atoms. The summed E-state index contributed by atoms with van der Waals surface area (Å²) in [6.45, 7) is 5.00. The van der Waals surface area contributed by atoms with Gasteiger partial charge in [0.15, 0.2) is 0 Å². The van der Waals surface area contributed by atoms with Crippen LogP contribution in [0.25, 0.3) is 0 Å². The van der Waals surface area contributed by atoms with Crippen LogP contribution in [0.4, 0.5) is 0 Å². The number of halogens is 1. The molecule has 0 aromatic heterocycles. The molecule has 0 bridgehead atoms. The summed E-state index contributed by atoms with van der Waals surface area (Å²) in [5, 5.41) is 3.02. The van der Waals surface area contributed by atoms with Crippen LogP contribution in [0.5, 0.6) is 0 Å². The first-order valence-electron chi connectivity index (χ1n) is 11.4. The lowest BCUT2D eigenvalue weighted by molar-refractivity contribution is -0.140. The summed E-state index contributed by atoms with van der Waals surface area (Å²) in [4.78, 5) is 28.7. The lowest BCUT2D eigenvalue weighted by Crippen LogP contribution is -2.51. The number of nitrogens with zero attached hydrogens (tertiary/aromatic N) is 1. The standard InChI is InChI=1S/C28H31BrN2O2/c1-3-16-30-28(33)26(18-22-9-5-4-6-10-22)31(20-23-12-14-25(29)15-13-23)27(32)19-24-11-7-8-21(2)17-24/h4-15,17,26H,3,16,18-20H2,1-2H3,(H,30,33)/t26-/m1/s1. The van der Waals surface area contributed by atoms with Crippen molar-refractivity contribution < 1.29 is 9.59 Å². The number of hydrogen-bond donors (Lipinski definition) is 1. The first-order valence-corrected chi connectivity index (χ1v) is 12.2. The second kappa shape index (κ2) is 12.4. The van der Waals surface area contributed by atoms with E-state index in [1.54, 1.807) is 4.90 Å². The van der Waals surface area contributed by atoms with Gasteiger partial charge in [-0.15, -0.1) is 0 Å². The molecular weight excluding hydrogens is 476 g/mol. The minimum Gasteiger partial charge on any atom is -0.354 e. The number of hydrogen-bond acceptors (Lipinski definition) is 2. The second-order valence-electron chi connectivity index (χ2n) is 8.31. The van der Waals surface area contributed by atoms with Gasteiger partial charge in [-0.2, -0.15) is 0 Å². The average Bonchev–Trinajstić information content (AvgIpc) is 2.81. The zero-order valence-corrected chi connectivity index (χ0v) is 20.8. The molecule has 1 N–H and O–H groups in total. The van der Waals surface area contributed by atoms with Crippen molar-refractivity contribution in [2.45, 2.75) is 45.7 Å². The Morgan fingerprint density at radius 3 is 2.27 bits per heavy atom. The molecule has 2 amide bonds. The summed E-state index contributed by atoms with van der Waals surface area (Å²) >= 11 is 3.47. The molecule has 0 saturated carbocycles. The van der Waals surface area contributed by atoms with E-state index in [0.29, 0.717) is 19.5 Å². The van der Waals surface area contributed by atoms with Gasteiger partial charge < -0.3 is 10.2 Å². The van der Waals surface area contributed by atoms with E-state index in [1.165, 1.54) is 0 Å². The van der Waals surface area contributed by atoms with Gasteiger partial charge in [0.05, 0.1) is 6.42 Å². The number of carbonyl (C=O) groups is 2. The van der Waals surface area contributed by atoms with Crippen LogP contribution in [-0.4, -0.2) is 29.3 Å². The van der Waals surface area contributed by atoms with Gasteiger partial charge in [-0.3, -0.25) is 9.59 Å². The number of nitrogens with one attached hydrogen (secondary N) is 1. The number of rotatable bonds is 10. The molecule has 3 aromatic carbocycles. The number of carbonyl (C=O) groups excluding carboxylic acids is 2. The van der Waals surface area contributed by atoms with Crippen LogP contribution in [-0.2, 0) is 29.0 Å². The van der Waals surface area contributed by atoms with E-state index in [0.717, 1.165) is 33.1 Å². The fourth-order valence-corrected chi connectivity index (χ4v) is 4.07. The highest BCUT2D eigenvalue weighted by atomic mass is 79.9. The van der Waals surface area contributed by atoms with Gasteiger partial charge in [0.25, 0.3) is 0 Å². The van der Waals surface area contributed by atoms with E-state index in [-0.39, 0.29) is 18.2 Å². The largest absolute Gasteiger partial charge is 0.354 e. The molecule has 3 aromatic rings. The van der Waals surface area contributed by atoms with E-state index in [2.05, 4.69) is 21.2 Å². The quantitative estimate of drug-likeness (QED) is 0.396. The van der Waals surface area contributed by atoms with Crippen molar-refractivity contribution in [2.24, 2.45) is 0 Å². The second-order valence-corrected chi connectivity index (χ2v) is 9.23.